The Morgan fingerprint density at radius 1 is 0.938 bits per heavy atom. The van der Waals surface area contributed by atoms with Crippen molar-refractivity contribution >= 4 is 17.5 Å². The fraction of sp³-hybridized carbons (Fsp3) is 0.481. The van der Waals surface area contributed by atoms with E-state index in [1.165, 1.54) is 16.8 Å². The number of fused-ring (bicyclic) bond motifs is 1. The van der Waals surface area contributed by atoms with Crippen LogP contribution in [0, 0.1) is 11.3 Å². The van der Waals surface area contributed by atoms with E-state index in [0.29, 0.717) is 19.6 Å². The van der Waals surface area contributed by atoms with Crippen molar-refractivity contribution in [2.45, 2.75) is 53.1 Å². The number of amides is 2. The molecule has 1 N–H and O–H groups in total. The van der Waals surface area contributed by atoms with E-state index in [4.69, 9.17) is 0 Å². The second-order valence-corrected chi connectivity index (χ2v) is 10.2. The Bertz CT molecular complexity index is 954. The predicted molar refractivity (Wildman–Crippen MR) is 128 cm³/mol. The minimum Gasteiger partial charge on any atom is -0.367 e. The number of carbonyl (C=O) groups excluding carboxylic acids is 2. The van der Waals surface area contributed by atoms with Gasteiger partial charge in [0, 0.05) is 49.7 Å². The number of benzene rings is 2. The standard InChI is InChI=1S/C27H35N3O2/c1-27(2,3)26(32)29-15-13-23(14-16-29)25(31)28-18-20-8-10-21(11-9-20)19-30-17-12-22-6-4-5-7-24(22)30/h4-11,23H,12-19H2,1-3H3,(H,28,31). The number of anilines is 1. The minimum atomic E-state index is -0.362. The van der Waals surface area contributed by atoms with Crippen molar-refractivity contribution in [1.29, 1.82) is 0 Å². The first-order valence-electron chi connectivity index (χ1n) is 11.8. The topological polar surface area (TPSA) is 52.7 Å². The highest BCUT2D eigenvalue weighted by Gasteiger charge is 2.32. The number of nitrogens with zero attached hydrogens (tertiary/aromatic N) is 2. The van der Waals surface area contributed by atoms with E-state index in [1.807, 2.05) is 25.7 Å². The summed E-state index contributed by atoms with van der Waals surface area (Å²) >= 11 is 0. The fourth-order valence-electron chi connectivity index (χ4n) is 4.71. The van der Waals surface area contributed by atoms with Gasteiger partial charge in [0.1, 0.15) is 0 Å². The summed E-state index contributed by atoms with van der Waals surface area (Å²) in [5.41, 5.74) is 4.82. The average molecular weight is 434 g/mol. The Hall–Kier alpha value is -2.82. The van der Waals surface area contributed by atoms with Gasteiger partial charge in [0.25, 0.3) is 0 Å². The van der Waals surface area contributed by atoms with E-state index in [9.17, 15) is 9.59 Å². The molecular formula is C27H35N3O2. The number of para-hydroxylation sites is 1. The van der Waals surface area contributed by atoms with Crippen LogP contribution in [0.1, 0.15) is 50.3 Å². The van der Waals surface area contributed by atoms with Gasteiger partial charge in [-0.25, -0.2) is 0 Å². The molecular weight excluding hydrogens is 398 g/mol. The van der Waals surface area contributed by atoms with Crippen LogP contribution in [0.2, 0.25) is 0 Å². The molecule has 0 aliphatic carbocycles. The molecule has 0 radical (unpaired) electrons. The van der Waals surface area contributed by atoms with E-state index < -0.39 is 0 Å². The number of hydrogen-bond donors (Lipinski definition) is 1. The smallest absolute Gasteiger partial charge is 0.227 e. The molecule has 170 valence electrons. The zero-order chi connectivity index (χ0) is 22.7. The second-order valence-electron chi connectivity index (χ2n) is 10.2. The van der Waals surface area contributed by atoms with E-state index in [2.05, 4.69) is 58.7 Å². The first-order chi connectivity index (χ1) is 15.3. The summed E-state index contributed by atoms with van der Waals surface area (Å²) in [6, 6.07) is 17.2. The summed E-state index contributed by atoms with van der Waals surface area (Å²) in [6.07, 6.45) is 2.59. The molecule has 0 saturated carbocycles. The molecule has 2 aliphatic heterocycles. The largest absolute Gasteiger partial charge is 0.367 e. The van der Waals surface area contributed by atoms with Gasteiger partial charge in [-0.3, -0.25) is 9.59 Å². The average Bonchev–Trinajstić information content (AvgIpc) is 3.20. The molecule has 4 rings (SSSR count). The SMILES string of the molecule is CC(C)(C)C(=O)N1CCC(C(=O)NCc2ccc(CN3CCc4ccccc43)cc2)CC1. The second kappa shape index (κ2) is 9.35. The maximum atomic E-state index is 12.6. The summed E-state index contributed by atoms with van der Waals surface area (Å²) in [5, 5.41) is 3.10. The van der Waals surface area contributed by atoms with Crippen LogP contribution in [0.15, 0.2) is 48.5 Å². The van der Waals surface area contributed by atoms with Crippen molar-refractivity contribution in [3.63, 3.8) is 0 Å². The summed E-state index contributed by atoms with van der Waals surface area (Å²) in [6.45, 7) is 9.71. The monoisotopic (exact) mass is 433 g/mol. The number of likely N-dealkylation sites (tertiary alicyclic amines) is 1. The summed E-state index contributed by atoms with van der Waals surface area (Å²) in [4.78, 5) is 29.4. The molecule has 2 aliphatic rings. The van der Waals surface area contributed by atoms with E-state index in [-0.39, 0.29) is 23.1 Å². The Kier molecular flexibility index (Phi) is 6.54. The van der Waals surface area contributed by atoms with Gasteiger partial charge in [-0.2, -0.15) is 0 Å². The summed E-state index contributed by atoms with van der Waals surface area (Å²) in [7, 11) is 0. The molecule has 5 nitrogen and oxygen atoms in total. The van der Waals surface area contributed by atoms with Gasteiger partial charge < -0.3 is 15.1 Å². The number of nitrogens with one attached hydrogen (secondary N) is 1. The normalized spacial score (nSPS) is 16.7. The predicted octanol–water partition coefficient (Wildman–Crippen LogP) is 4.15. The first kappa shape index (κ1) is 22.4. The van der Waals surface area contributed by atoms with Crippen molar-refractivity contribution in [1.82, 2.24) is 10.2 Å². The van der Waals surface area contributed by atoms with Gasteiger partial charge in [-0.15, -0.1) is 0 Å². The van der Waals surface area contributed by atoms with Crippen LogP contribution >= 0.6 is 0 Å². The third-order valence-corrected chi connectivity index (χ3v) is 6.64. The molecule has 0 bridgehead atoms. The highest BCUT2D eigenvalue weighted by atomic mass is 16.2. The molecule has 0 unspecified atom stereocenters. The van der Waals surface area contributed by atoms with Crippen LogP contribution in [-0.2, 0) is 29.1 Å². The molecule has 32 heavy (non-hydrogen) atoms. The third-order valence-electron chi connectivity index (χ3n) is 6.64. The highest BCUT2D eigenvalue weighted by Crippen LogP contribution is 2.29. The molecule has 1 fully saturated rings. The zero-order valence-electron chi connectivity index (χ0n) is 19.6. The molecule has 1 saturated heterocycles. The highest BCUT2D eigenvalue weighted by molar-refractivity contribution is 5.82. The molecule has 0 spiro atoms. The lowest BCUT2D eigenvalue weighted by Crippen LogP contribution is -2.46. The Balaban J connectivity index is 1.23. The van der Waals surface area contributed by atoms with Gasteiger partial charge in [-0.05, 0) is 42.0 Å². The van der Waals surface area contributed by atoms with Crippen LogP contribution in [-0.4, -0.2) is 36.3 Å². The lowest BCUT2D eigenvalue weighted by molar-refractivity contribution is -0.142. The molecule has 2 aromatic carbocycles. The lowest BCUT2D eigenvalue weighted by atomic mass is 9.90. The molecule has 0 aromatic heterocycles. The van der Waals surface area contributed by atoms with Gasteiger partial charge in [-0.1, -0.05) is 63.2 Å². The van der Waals surface area contributed by atoms with Crippen LogP contribution in [0.5, 0.6) is 0 Å². The van der Waals surface area contributed by atoms with E-state index >= 15 is 0 Å². The summed E-state index contributed by atoms with van der Waals surface area (Å²) in [5.74, 6) is 0.271. The number of carbonyl (C=O) groups is 2. The maximum Gasteiger partial charge on any atom is 0.227 e. The van der Waals surface area contributed by atoms with Crippen molar-refractivity contribution in [3.8, 4) is 0 Å². The van der Waals surface area contributed by atoms with Crippen LogP contribution in [0.3, 0.4) is 0 Å². The van der Waals surface area contributed by atoms with Crippen LogP contribution in [0.4, 0.5) is 5.69 Å². The maximum absolute atomic E-state index is 12.6. The van der Waals surface area contributed by atoms with E-state index in [0.717, 1.165) is 37.9 Å². The molecule has 2 heterocycles. The molecule has 2 aromatic rings. The van der Waals surface area contributed by atoms with Gasteiger partial charge in [0.05, 0.1) is 0 Å². The van der Waals surface area contributed by atoms with Gasteiger partial charge >= 0.3 is 0 Å². The minimum absolute atomic E-state index is 0.00599. The number of rotatable bonds is 5. The molecule has 2 amide bonds. The van der Waals surface area contributed by atoms with Crippen molar-refractivity contribution < 1.29 is 9.59 Å². The van der Waals surface area contributed by atoms with E-state index in [1.54, 1.807) is 0 Å². The van der Waals surface area contributed by atoms with Crippen molar-refractivity contribution in [3.05, 3.63) is 65.2 Å². The van der Waals surface area contributed by atoms with Gasteiger partial charge in [0.15, 0.2) is 0 Å². The number of piperidine rings is 1. The lowest BCUT2D eigenvalue weighted by Gasteiger charge is -2.35. The van der Waals surface area contributed by atoms with Crippen molar-refractivity contribution in [2.24, 2.45) is 11.3 Å². The first-order valence-corrected chi connectivity index (χ1v) is 11.8. The molecule has 0 atom stereocenters. The van der Waals surface area contributed by atoms with Crippen LogP contribution in [0.25, 0.3) is 0 Å². The Labute approximate surface area is 191 Å². The Morgan fingerprint density at radius 2 is 1.59 bits per heavy atom. The summed E-state index contributed by atoms with van der Waals surface area (Å²) < 4.78 is 0. The molecule has 5 heteroatoms. The Morgan fingerprint density at radius 3 is 2.28 bits per heavy atom. The fourth-order valence-corrected chi connectivity index (χ4v) is 4.71. The van der Waals surface area contributed by atoms with Gasteiger partial charge in [0.2, 0.25) is 11.8 Å². The zero-order valence-corrected chi connectivity index (χ0v) is 19.6. The quantitative estimate of drug-likeness (QED) is 0.771. The number of hydrogen-bond acceptors (Lipinski definition) is 3. The van der Waals surface area contributed by atoms with Crippen molar-refractivity contribution in [2.75, 3.05) is 24.5 Å². The van der Waals surface area contributed by atoms with Crippen LogP contribution < -0.4 is 10.2 Å². The third kappa shape index (κ3) is 5.14.